The molecule has 1 N–H and O–H groups in total. The van der Waals surface area contributed by atoms with Crippen LogP contribution in [0.4, 0.5) is 0 Å². The number of carbonyl (C=O) groups is 1. The molecule has 0 atom stereocenters. The van der Waals surface area contributed by atoms with Gasteiger partial charge in [0.15, 0.2) is 5.75 Å². The maximum Gasteiger partial charge on any atom is 0.265 e. The Morgan fingerprint density at radius 1 is 1.06 bits per heavy atom. The highest BCUT2D eigenvalue weighted by Gasteiger charge is 2.25. The summed E-state index contributed by atoms with van der Waals surface area (Å²) in [6.07, 6.45) is 5.06. The molecule has 1 aromatic carbocycles. The molecule has 0 fully saturated rings. The van der Waals surface area contributed by atoms with Crippen LogP contribution < -0.4 is 15.6 Å². The van der Waals surface area contributed by atoms with Crippen molar-refractivity contribution in [2.24, 2.45) is 0 Å². The lowest BCUT2D eigenvalue weighted by molar-refractivity contribution is 0.0952. The summed E-state index contributed by atoms with van der Waals surface area (Å²) in [6, 6.07) is 17.0. The van der Waals surface area contributed by atoms with Crippen LogP contribution in [0, 0.1) is 0 Å². The highest BCUT2D eigenvalue weighted by Crippen LogP contribution is 2.39. The van der Waals surface area contributed by atoms with Crippen LogP contribution in [0.15, 0.2) is 78.0 Å². The lowest BCUT2D eigenvalue weighted by Crippen LogP contribution is -2.23. The molecular formula is C25H20N4O3S. The average Bonchev–Trinajstić information content (AvgIpc) is 3.26. The van der Waals surface area contributed by atoms with Crippen molar-refractivity contribution in [2.45, 2.75) is 13.1 Å². The second kappa shape index (κ2) is 8.84. The molecule has 164 valence electrons. The van der Waals surface area contributed by atoms with Gasteiger partial charge < -0.3 is 14.6 Å². The Morgan fingerprint density at radius 2 is 1.85 bits per heavy atom. The summed E-state index contributed by atoms with van der Waals surface area (Å²) in [7, 11) is 1.48. The van der Waals surface area contributed by atoms with Gasteiger partial charge in [0.05, 0.1) is 29.6 Å². The van der Waals surface area contributed by atoms with E-state index in [4.69, 9.17) is 4.74 Å². The van der Waals surface area contributed by atoms with Crippen LogP contribution in [0.1, 0.15) is 20.9 Å². The summed E-state index contributed by atoms with van der Waals surface area (Å²) in [5.41, 5.74) is 2.28. The molecule has 5 aromatic rings. The average molecular weight is 457 g/mol. The Labute approximate surface area is 193 Å². The van der Waals surface area contributed by atoms with Crippen LogP contribution in [0.2, 0.25) is 0 Å². The monoisotopic (exact) mass is 456 g/mol. The first-order valence-corrected chi connectivity index (χ1v) is 11.2. The third-order valence-electron chi connectivity index (χ3n) is 5.42. The number of carbonyl (C=O) groups excluding carboxylic acids is 1. The van der Waals surface area contributed by atoms with E-state index in [-0.39, 0.29) is 11.5 Å². The minimum atomic E-state index is -0.287. The Hall–Kier alpha value is -4.04. The number of rotatable bonds is 6. The highest BCUT2D eigenvalue weighted by atomic mass is 32.1. The molecule has 4 aromatic heterocycles. The lowest BCUT2D eigenvalue weighted by Gasteiger charge is -2.11. The molecule has 0 unspecified atom stereocenters. The molecule has 0 spiro atoms. The quantitative estimate of drug-likeness (QED) is 0.418. The first kappa shape index (κ1) is 20.8. The van der Waals surface area contributed by atoms with Crippen LogP contribution in [0.3, 0.4) is 0 Å². The fourth-order valence-corrected chi connectivity index (χ4v) is 5.08. The van der Waals surface area contributed by atoms with Crippen molar-refractivity contribution in [1.29, 1.82) is 0 Å². The summed E-state index contributed by atoms with van der Waals surface area (Å²) in [5.74, 6) is 0.0115. The van der Waals surface area contributed by atoms with Gasteiger partial charge in [-0.15, -0.1) is 11.3 Å². The number of amides is 1. The number of para-hydroxylation sites is 1. The van der Waals surface area contributed by atoms with Crippen LogP contribution in [0.5, 0.6) is 5.75 Å². The molecule has 0 aliphatic carbocycles. The Balaban J connectivity index is 1.64. The van der Waals surface area contributed by atoms with Crippen molar-refractivity contribution < 1.29 is 9.53 Å². The van der Waals surface area contributed by atoms with E-state index in [0.29, 0.717) is 29.1 Å². The Kier molecular flexibility index (Phi) is 5.58. The summed E-state index contributed by atoms with van der Waals surface area (Å²) in [6.45, 7) is 0.669. The molecule has 1 amide bonds. The smallest absolute Gasteiger partial charge is 0.265 e. The number of nitrogens with one attached hydrogen (secondary N) is 1. The summed E-state index contributed by atoms with van der Waals surface area (Å²) in [5, 5.41) is 4.21. The topological polar surface area (TPSA) is 86.1 Å². The predicted octanol–water partition coefficient (Wildman–Crippen LogP) is 3.99. The van der Waals surface area contributed by atoms with E-state index < -0.39 is 0 Å². The number of methoxy groups -OCH3 is 1. The maximum atomic E-state index is 13.7. The number of aromatic nitrogens is 3. The number of ether oxygens (including phenoxy) is 1. The van der Waals surface area contributed by atoms with Crippen molar-refractivity contribution >= 4 is 38.2 Å². The molecule has 0 aliphatic heterocycles. The number of pyridine rings is 3. The van der Waals surface area contributed by atoms with E-state index in [9.17, 15) is 9.59 Å². The Bertz CT molecular complexity index is 1510. The third-order valence-corrected chi connectivity index (χ3v) is 6.63. The van der Waals surface area contributed by atoms with Crippen LogP contribution in [-0.2, 0) is 13.1 Å². The van der Waals surface area contributed by atoms with E-state index >= 15 is 0 Å². The number of benzene rings is 1. The lowest BCUT2D eigenvalue weighted by atomic mass is 10.1. The van der Waals surface area contributed by atoms with E-state index in [1.54, 1.807) is 23.2 Å². The zero-order valence-electron chi connectivity index (χ0n) is 17.8. The van der Waals surface area contributed by atoms with Crippen molar-refractivity contribution in [1.82, 2.24) is 19.9 Å². The van der Waals surface area contributed by atoms with Crippen LogP contribution in [-0.4, -0.2) is 27.6 Å². The normalized spacial score (nSPS) is 11.1. The first-order chi connectivity index (χ1) is 16.2. The number of nitrogens with zero attached hydrogens (tertiary/aromatic N) is 3. The summed E-state index contributed by atoms with van der Waals surface area (Å²) in [4.78, 5) is 35.5. The second-order valence-electron chi connectivity index (χ2n) is 7.44. The van der Waals surface area contributed by atoms with Crippen molar-refractivity contribution in [3.8, 4) is 5.75 Å². The van der Waals surface area contributed by atoms with Gasteiger partial charge in [-0.1, -0.05) is 24.3 Å². The summed E-state index contributed by atoms with van der Waals surface area (Å²) < 4.78 is 8.04. The molecule has 8 heteroatoms. The van der Waals surface area contributed by atoms with Gasteiger partial charge in [0, 0.05) is 30.5 Å². The number of thiophene rings is 1. The predicted molar refractivity (Wildman–Crippen MR) is 129 cm³/mol. The number of fused-ring (bicyclic) bond motifs is 3. The van der Waals surface area contributed by atoms with E-state index in [2.05, 4.69) is 15.3 Å². The molecule has 0 saturated heterocycles. The fraction of sp³-hybridized carbons (Fsp3) is 0.120. The van der Waals surface area contributed by atoms with Gasteiger partial charge in [-0.05, 0) is 35.9 Å². The SMILES string of the molecule is COc1c(C(=O)NCc2ccncc2)sc2c1c(=O)n(Cc1ccccn1)c1ccccc21. The van der Waals surface area contributed by atoms with Gasteiger partial charge in [-0.25, -0.2) is 0 Å². The van der Waals surface area contributed by atoms with Gasteiger partial charge in [-0.3, -0.25) is 19.6 Å². The van der Waals surface area contributed by atoms with Crippen LogP contribution >= 0.6 is 11.3 Å². The van der Waals surface area contributed by atoms with Gasteiger partial charge in [0.1, 0.15) is 10.3 Å². The zero-order valence-corrected chi connectivity index (χ0v) is 18.6. The second-order valence-corrected chi connectivity index (χ2v) is 8.46. The highest BCUT2D eigenvalue weighted by molar-refractivity contribution is 7.22. The minimum absolute atomic E-state index is 0.212. The first-order valence-electron chi connectivity index (χ1n) is 10.4. The minimum Gasteiger partial charge on any atom is -0.494 e. The van der Waals surface area contributed by atoms with E-state index in [1.807, 2.05) is 54.6 Å². The van der Waals surface area contributed by atoms with Gasteiger partial charge >= 0.3 is 0 Å². The molecule has 4 heterocycles. The van der Waals surface area contributed by atoms with Gasteiger partial charge in [0.2, 0.25) is 0 Å². The largest absolute Gasteiger partial charge is 0.494 e. The fourth-order valence-electron chi connectivity index (χ4n) is 3.86. The molecule has 33 heavy (non-hydrogen) atoms. The molecule has 0 radical (unpaired) electrons. The Morgan fingerprint density at radius 3 is 2.61 bits per heavy atom. The van der Waals surface area contributed by atoms with Crippen LogP contribution in [0.25, 0.3) is 21.0 Å². The molecule has 0 aliphatic rings. The van der Waals surface area contributed by atoms with Gasteiger partial charge in [0.25, 0.3) is 11.5 Å². The standard InChI is InChI=1S/C25H20N4O3S/c1-32-21-20-22(33-23(21)24(30)28-14-16-9-12-26-13-10-16)18-7-2-3-8-19(18)29(25(20)31)15-17-6-4-5-11-27-17/h2-13H,14-15H2,1H3,(H,28,30). The zero-order chi connectivity index (χ0) is 22.8. The van der Waals surface area contributed by atoms with Crippen molar-refractivity contribution in [2.75, 3.05) is 7.11 Å². The molecule has 5 rings (SSSR count). The maximum absolute atomic E-state index is 13.7. The van der Waals surface area contributed by atoms with Gasteiger partial charge in [-0.2, -0.15) is 0 Å². The van der Waals surface area contributed by atoms with E-state index in [0.717, 1.165) is 26.9 Å². The molecule has 0 saturated carbocycles. The number of hydrogen-bond donors (Lipinski definition) is 1. The molecule has 0 bridgehead atoms. The third kappa shape index (κ3) is 3.85. The van der Waals surface area contributed by atoms with Crippen molar-refractivity contribution in [3.63, 3.8) is 0 Å². The number of hydrogen-bond acceptors (Lipinski definition) is 6. The summed E-state index contributed by atoms with van der Waals surface area (Å²) >= 11 is 1.27. The van der Waals surface area contributed by atoms with E-state index in [1.165, 1.54) is 18.4 Å². The van der Waals surface area contributed by atoms with Crippen molar-refractivity contribution in [3.05, 3.63) is 99.7 Å². The molecule has 7 nitrogen and oxygen atoms in total. The molecular weight excluding hydrogens is 436 g/mol.